The number of carbonyl (C=O) groups excluding carboxylic acids is 1. The first-order valence-corrected chi connectivity index (χ1v) is 13.0. The van der Waals surface area contributed by atoms with Crippen molar-refractivity contribution in [2.75, 3.05) is 24.3 Å². The molecule has 0 radical (unpaired) electrons. The zero-order valence-corrected chi connectivity index (χ0v) is 19.7. The van der Waals surface area contributed by atoms with E-state index < -0.39 is 9.84 Å². The summed E-state index contributed by atoms with van der Waals surface area (Å²) in [7, 11) is -3.35. The second-order valence-electron chi connectivity index (χ2n) is 8.32. The fourth-order valence-corrected chi connectivity index (χ4v) is 5.26. The van der Waals surface area contributed by atoms with Gasteiger partial charge in [0.1, 0.15) is 11.6 Å². The SMILES string of the molecule is CCOc1ccc2ccccc2c1C(=O)N1CC(c2cccc(S(C)(=O)=O)c2)c2cccnc21. The summed E-state index contributed by atoms with van der Waals surface area (Å²) >= 11 is 0. The average molecular weight is 473 g/mol. The minimum atomic E-state index is -3.35. The zero-order chi connectivity index (χ0) is 23.9. The molecule has 3 aromatic carbocycles. The molecule has 34 heavy (non-hydrogen) atoms. The number of carbonyl (C=O) groups is 1. The summed E-state index contributed by atoms with van der Waals surface area (Å²) < 4.78 is 30.1. The summed E-state index contributed by atoms with van der Waals surface area (Å²) in [5, 5.41) is 1.77. The van der Waals surface area contributed by atoms with Gasteiger partial charge in [0, 0.05) is 30.5 Å². The van der Waals surface area contributed by atoms with Crippen molar-refractivity contribution in [2.45, 2.75) is 17.7 Å². The third kappa shape index (κ3) is 3.82. The van der Waals surface area contributed by atoms with E-state index in [1.807, 2.05) is 61.5 Å². The highest BCUT2D eigenvalue weighted by atomic mass is 32.2. The van der Waals surface area contributed by atoms with Gasteiger partial charge in [-0.25, -0.2) is 13.4 Å². The number of pyridine rings is 1. The van der Waals surface area contributed by atoms with Crippen molar-refractivity contribution in [1.29, 1.82) is 0 Å². The molecule has 1 aromatic heterocycles. The van der Waals surface area contributed by atoms with Gasteiger partial charge in [0.15, 0.2) is 9.84 Å². The van der Waals surface area contributed by atoms with Gasteiger partial charge < -0.3 is 4.74 Å². The molecule has 1 atom stereocenters. The minimum absolute atomic E-state index is 0.193. The maximum atomic E-state index is 14.0. The summed E-state index contributed by atoms with van der Waals surface area (Å²) in [5.74, 6) is 0.727. The Hall–Kier alpha value is -3.71. The van der Waals surface area contributed by atoms with Gasteiger partial charge >= 0.3 is 0 Å². The van der Waals surface area contributed by atoms with Crippen LogP contribution in [0.3, 0.4) is 0 Å². The Morgan fingerprint density at radius 2 is 1.88 bits per heavy atom. The molecule has 1 aliphatic heterocycles. The van der Waals surface area contributed by atoms with Gasteiger partial charge in [-0.1, -0.05) is 48.5 Å². The van der Waals surface area contributed by atoms with Crippen LogP contribution < -0.4 is 9.64 Å². The standard InChI is InChI=1S/C27H24N2O4S/c1-3-33-24-14-13-18-8-4-5-11-21(18)25(24)27(30)29-17-23(22-12-7-15-28-26(22)29)19-9-6-10-20(16-19)34(2,31)32/h4-16,23H,3,17H2,1-2H3. The van der Waals surface area contributed by atoms with Crippen molar-refractivity contribution >= 4 is 32.3 Å². The summed E-state index contributed by atoms with van der Waals surface area (Å²) in [6, 6.07) is 22.2. The molecule has 0 spiro atoms. The second-order valence-corrected chi connectivity index (χ2v) is 10.3. The normalized spacial score (nSPS) is 15.4. The molecule has 0 aliphatic carbocycles. The summed E-state index contributed by atoms with van der Waals surface area (Å²) in [6.45, 7) is 2.68. The highest BCUT2D eigenvalue weighted by molar-refractivity contribution is 7.90. The van der Waals surface area contributed by atoms with Crippen molar-refractivity contribution < 1.29 is 17.9 Å². The quantitative estimate of drug-likeness (QED) is 0.416. The van der Waals surface area contributed by atoms with Crippen LogP contribution in [0.2, 0.25) is 0 Å². The Morgan fingerprint density at radius 1 is 1.06 bits per heavy atom. The van der Waals surface area contributed by atoms with Crippen LogP contribution in [-0.4, -0.2) is 38.7 Å². The van der Waals surface area contributed by atoms with Crippen LogP contribution in [0.15, 0.2) is 83.9 Å². The van der Waals surface area contributed by atoms with Crippen molar-refractivity contribution in [3.05, 3.63) is 95.7 Å². The first kappa shape index (κ1) is 22.1. The van der Waals surface area contributed by atoms with E-state index in [1.54, 1.807) is 29.3 Å². The Bertz CT molecular complexity index is 1510. The van der Waals surface area contributed by atoms with E-state index >= 15 is 0 Å². The van der Waals surface area contributed by atoms with E-state index in [1.165, 1.54) is 6.26 Å². The second kappa shape index (κ2) is 8.57. The molecule has 4 aromatic rings. The largest absolute Gasteiger partial charge is 0.493 e. The van der Waals surface area contributed by atoms with Gasteiger partial charge in [0.05, 0.1) is 17.1 Å². The Morgan fingerprint density at radius 3 is 2.68 bits per heavy atom. The molecule has 0 saturated heterocycles. The number of anilines is 1. The molecule has 2 heterocycles. The van der Waals surface area contributed by atoms with Gasteiger partial charge in [-0.15, -0.1) is 0 Å². The minimum Gasteiger partial charge on any atom is -0.493 e. The van der Waals surface area contributed by atoms with Crippen LogP contribution in [0.25, 0.3) is 10.8 Å². The molecular weight excluding hydrogens is 448 g/mol. The van der Waals surface area contributed by atoms with Crippen LogP contribution in [0.1, 0.15) is 34.3 Å². The molecule has 5 rings (SSSR count). The number of aromatic nitrogens is 1. The monoisotopic (exact) mass is 472 g/mol. The van der Waals surface area contributed by atoms with Crippen LogP contribution in [0, 0.1) is 0 Å². The summed E-state index contributed by atoms with van der Waals surface area (Å²) in [6.07, 6.45) is 2.86. The number of ether oxygens (including phenoxy) is 1. The maximum absolute atomic E-state index is 14.0. The maximum Gasteiger partial charge on any atom is 0.263 e. The molecular formula is C27H24N2O4S. The molecule has 1 aliphatic rings. The van der Waals surface area contributed by atoms with Crippen LogP contribution in [-0.2, 0) is 9.84 Å². The topological polar surface area (TPSA) is 76.6 Å². The van der Waals surface area contributed by atoms with Crippen LogP contribution >= 0.6 is 0 Å². The van der Waals surface area contributed by atoms with E-state index in [0.29, 0.717) is 30.3 Å². The number of sulfone groups is 1. The number of rotatable bonds is 5. The van der Waals surface area contributed by atoms with Gasteiger partial charge in [0.25, 0.3) is 5.91 Å². The molecule has 7 heteroatoms. The van der Waals surface area contributed by atoms with E-state index in [2.05, 4.69) is 4.98 Å². The highest BCUT2D eigenvalue weighted by Crippen LogP contribution is 2.41. The molecule has 0 bridgehead atoms. The number of fused-ring (bicyclic) bond motifs is 2. The average Bonchev–Trinajstić information content (AvgIpc) is 3.23. The lowest BCUT2D eigenvalue weighted by molar-refractivity contribution is 0.0986. The van der Waals surface area contributed by atoms with E-state index in [-0.39, 0.29) is 16.7 Å². The van der Waals surface area contributed by atoms with Gasteiger partial charge in [-0.2, -0.15) is 0 Å². The van der Waals surface area contributed by atoms with E-state index in [9.17, 15) is 13.2 Å². The van der Waals surface area contributed by atoms with Crippen molar-refractivity contribution in [2.24, 2.45) is 0 Å². The molecule has 1 unspecified atom stereocenters. The van der Waals surface area contributed by atoms with Crippen molar-refractivity contribution in [3.63, 3.8) is 0 Å². The van der Waals surface area contributed by atoms with E-state index in [0.717, 1.165) is 21.9 Å². The number of nitrogens with zero attached hydrogens (tertiary/aromatic N) is 2. The lowest BCUT2D eigenvalue weighted by Gasteiger charge is -2.20. The summed E-state index contributed by atoms with van der Waals surface area (Å²) in [5.41, 5.74) is 2.22. The third-order valence-corrected chi connectivity index (χ3v) is 7.26. The Kier molecular flexibility index (Phi) is 5.57. The number of hydrogen-bond donors (Lipinski definition) is 0. The fraction of sp³-hybridized carbons (Fsp3) is 0.185. The van der Waals surface area contributed by atoms with Gasteiger partial charge in [-0.3, -0.25) is 9.69 Å². The van der Waals surface area contributed by atoms with Crippen LogP contribution in [0.4, 0.5) is 5.82 Å². The fourth-order valence-electron chi connectivity index (χ4n) is 4.58. The molecule has 172 valence electrons. The summed E-state index contributed by atoms with van der Waals surface area (Å²) in [4.78, 5) is 20.5. The van der Waals surface area contributed by atoms with Crippen molar-refractivity contribution in [1.82, 2.24) is 4.98 Å². The third-order valence-electron chi connectivity index (χ3n) is 6.15. The van der Waals surface area contributed by atoms with E-state index in [4.69, 9.17) is 4.74 Å². The predicted molar refractivity (Wildman–Crippen MR) is 132 cm³/mol. The van der Waals surface area contributed by atoms with Gasteiger partial charge in [-0.05, 0) is 47.5 Å². The van der Waals surface area contributed by atoms with Crippen LogP contribution in [0.5, 0.6) is 5.75 Å². The number of amides is 1. The number of benzene rings is 3. The molecule has 0 saturated carbocycles. The first-order valence-electron chi connectivity index (χ1n) is 11.1. The highest BCUT2D eigenvalue weighted by Gasteiger charge is 2.36. The first-order chi connectivity index (χ1) is 16.4. The smallest absolute Gasteiger partial charge is 0.263 e. The molecule has 6 nitrogen and oxygen atoms in total. The van der Waals surface area contributed by atoms with Crippen molar-refractivity contribution in [3.8, 4) is 5.75 Å². The molecule has 1 amide bonds. The van der Waals surface area contributed by atoms with Gasteiger partial charge in [0.2, 0.25) is 0 Å². The predicted octanol–water partition coefficient (Wildman–Crippen LogP) is 4.83. The number of hydrogen-bond acceptors (Lipinski definition) is 5. The lowest BCUT2D eigenvalue weighted by atomic mass is 9.94. The molecule has 0 fully saturated rings. The lowest BCUT2D eigenvalue weighted by Crippen LogP contribution is -2.31. The Balaban J connectivity index is 1.62. The molecule has 0 N–H and O–H groups in total. The zero-order valence-electron chi connectivity index (χ0n) is 18.9. The Labute approximate surface area is 198 Å².